The summed E-state index contributed by atoms with van der Waals surface area (Å²) in [5.41, 5.74) is 5.58. The lowest BCUT2D eigenvalue weighted by Gasteiger charge is -2.33. The van der Waals surface area contributed by atoms with Gasteiger partial charge < -0.3 is 14.9 Å². The van der Waals surface area contributed by atoms with Crippen molar-refractivity contribution in [1.82, 2.24) is 0 Å². The summed E-state index contributed by atoms with van der Waals surface area (Å²) in [6, 6.07) is 9.18. The molecule has 2 heterocycles. The van der Waals surface area contributed by atoms with Gasteiger partial charge in [-0.3, -0.25) is 0 Å². The Hall–Kier alpha value is -2.67. The highest BCUT2D eigenvalue weighted by Crippen LogP contribution is 2.56. The second kappa shape index (κ2) is 6.42. The summed E-state index contributed by atoms with van der Waals surface area (Å²) in [5, 5.41) is 1.41. The van der Waals surface area contributed by atoms with E-state index in [-0.39, 0.29) is 11.6 Å². The summed E-state index contributed by atoms with van der Waals surface area (Å²) in [5.74, 6) is -1.33. The third kappa shape index (κ3) is 2.87. The Labute approximate surface area is 169 Å². The molecule has 2 aliphatic rings. The van der Waals surface area contributed by atoms with Crippen LogP contribution in [0, 0.1) is 11.7 Å². The minimum absolute atomic E-state index is 0.153. The Morgan fingerprint density at radius 3 is 2.86 bits per heavy atom. The molecule has 2 N–H and O–H groups in total. The molecule has 4 nitrogen and oxygen atoms in total. The first kappa shape index (κ1) is 18.4. The maximum Gasteiger partial charge on any atom is 0.283 e. The Balaban J connectivity index is 1.57. The summed E-state index contributed by atoms with van der Waals surface area (Å²) < 4.78 is 54.0. The van der Waals surface area contributed by atoms with Crippen molar-refractivity contribution in [2.45, 2.75) is 30.9 Å². The van der Waals surface area contributed by atoms with Crippen molar-refractivity contribution < 1.29 is 22.3 Å². The Kier molecular flexibility index (Phi) is 4.07. The van der Waals surface area contributed by atoms with E-state index in [9.17, 15) is 13.2 Å². The molecule has 0 spiro atoms. The minimum atomic E-state index is -2.92. The molecule has 2 aromatic carbocycles. The number of nitrogens with two attached hydrogens (primary N) is 1. The summed E-state index contributed by atoms with van der Waals surface area (Å²) in [6.45, 7) is 0. The quantitative estimate of drug-likeness (QED) is 0.645. The molecule has 1 saturated carbocycles. The fourth-order valence-electron chi connectivity index (χ4n) is 4.20. The fourth-order valence-corrected chi connectivity index (χ4v) is 4.37. The molecule has 5 rings (SSSR count). The van der Waals surface area contributed by atoms with Crippen LogP contribution in [0.3, 0.4) is 0 Å². The first-order valence-electron chi connectivity index (χ1n) is 9.13. The molecule has 0 unspecified atom stereocenters. The highest BCUT2D eigenvalue weighted by Gasteiger charge is 2.64. The van der Waals surface area contributed by atoms with Gasteiger partial charge in [-0.25, -0.2) is 18.2 Å². The smallest absolute Gasteiger partial charge is 0.283 e. The van der Waals surface area contributed by atoms with Crippen molar-refractivity contribution >= 4 is 28.6 Å². The number of benzene rings is 2. The normalized spacial score (nSPS) is 25.6. The van der Waals surface area contributed by atoms with Gasteiger partial charge in [0.1, 0.15) is 17.5 Å². The lowest BCUT2D eigenvalue weighted by molar-refractivity contribution is 0.0176. The largest absolute Gasteiger partial charge is 0.464 e. The zero-order valence-corrected chi connectivity index (χ0v) is 15.8. The topological polar surface area (TPSA) is 60.8 Å². The van der Waals surface area contributed by atoms with Crippen molar-refractivity contribution in [1.29, 1.82) is 0 Å². The van der Waals surface area contributed by atoms with Crippen molar-refractivity contribution in [3.8, 4) is 0 Å². The lowest BCUT2D eigenvalue weighted by Crippen LogP contribution is -2.43. The summed E-state index contributed by atoms with van der Waals surface area (Å²) in [6.07, 6.45) is -1.03. The molecular formula is C21H16ClF3N2O2. The van der Waals surface area contributed by atoms with Gasteiger partial charge in [0.2, 0.25) is 0 Å². The first-order valence-corrected chi connectivity index (χ1v) is 9.51. The van der Waals surface area contributed by atoms with Crippen LogP contribution in [0.25, 0.3) is 11.0 Å². The van der Waals surface area contributed by atoms with Gasteiger partial charge in [0.05, 0.1) is 6.26 Å². The molecule has 1 aromatic heterocycles. The molecule has 1 aliphatic carbocycles. The Morgan fingerprint density at radius 1 is 1.24 bits per heavy atom. The molecule has 0 saturated heterocycles. The van der Waals surface area contributed by atoms with Crippen LogP contribution >= 0.6 is 11.6 Å². The third-order valence-electron chi connectivity index (χ3n) is 5.67. The van der Waals surface area contributed by atoms with E-state index >= 15 is 0 Å². The van der Waals surface area contributed by atoms with E-state index in [4.69, 9.17) is 26.5 Å². The van der Waals surface area contributed by atoms with Crippen LogP contribution in [0.2, 0.25) is 5.02 Å². The van der Waals surface area contributed by atoms with Crippen molar-refractivity contribution in [2.24, 2.45) is 16.6 Å². The number of alkyl halides is 2. The van der Waals surface area contributed by atoms with Crippen molar-refractivity contribution in [2.75, 3.05) is 0 Å². The average Bonchev–Trinajstić information content (AvgIpc) is 3.35. The predicted molar refractivity (Wildman–Crippen MR) is 103 cm³/mol. The fraction of sp³-hybridized carbons (Fsp3) is 0.286. The molecule has 150 valence electrons. The molecule has 1 aliphatic heterocycles. The number of rotatable bonds is 4. The van der Waals surface area contributed by atoms with Crippen LogP contribution < -0.4 is 5.73 Å². The predicted octanol–water partition coefficient (Wildman–Crippen LogP) is 5.01. The monoisotopic (exact) mass is 420 g/mol. The number of nitrogens with zero attached hydrogens (tertiary/aromatic N) is 1. The molecule has 0 bridgehead atoms. The number of aliphatic imine (C=N–C) groups is 1. The van der Waals surface area contributed by atoms with Gasteiger partial charge in [0, 0.05) is 33.9 Å². The summed E-state index contributed by atoms with van der Waals surface area (Å²) in [7, 11) is 0. The number of furan rings is 1. The van der Waals surface area contributed by atoms with Gasteiger partial charge in [-0.15, -0.1) is 0 Å². The third-order valence-corrected chi connectivity index (χ3v) is 5.91. The van der Waals surface area contributed by atoms with Crippen LogP contribution in [0.5, 0.6) is 0 Å². The number of hydrogen-bond donors (Lipinski definition) is 1. The van der Waals surface area contributed by atoms with Crippen LogP contribution in [-0.2, 0) is 16.7 Å². The van der Waals surface area contributed by atoms with E-state index in [1.807, 2.05) is 6.07 Å². The van der Waals surface area contributed by atoms with Crippen molar-refractivity contribution in [3.63, 3.8) is 0 Å². The second-order valence-corrected chi connectivity index (χ2v) is 7.90. The zero-order chi connectivity index (χ0) is 20.3. The number of ether oxygens (including phenoxy) is 1. The summed E-state index contributed by atoms with van der Waals surface area (Å²) >= 11 is 5.98. The molecule has 0 radical (unpaired) electrons. The van der Waals surface area contributed by atoms with Crippen LogP contribution in [0.15, 0.2) is 52.1 Å². The van der Waals surface area contributed by atoms with E-state index in [0.29, 0.717) is 29.0 Å². The van der Waals surface area contributed by atoms with Gasteiger partial charge in [-0.2, -0.15) is 0 Å². The first-order chi connectivity index (χ1) is 13.9. The van der Waals surface area contributed by atoms with Gasteiger partial charge in [0.15, 0.2) is 5.54 Å². The van der Waals surface area contributed by atoms with Crippen LogP contribution in [0.4, 0.5) is 13.2 Å². The Bertz CT molecular complexity index is 1150. The zero-order valence-electron chi connectivity index (χ0n) is 15.0. The van der Waals surface area contributed by atoms with Crippen LogP contribution in [0.1, 0.15) is 23.1 Å². The number of fused-ring (bicyclic) bond motifs is 2. The maximum absolute atomic E-state index is 14.7. The second-order valence-electron chi connectivity index (χ2n) is 7.47. The minimum Gasteiger partial charge on any atom is -0.464 e. The van der Waals surface area contributed by atoms with Gasteiger partial charge >= 0.3 is 0 Å². The molecular weight excluding hydrogens is 405 g/mol. The van der Waals surface area contributed by atoms with Crippen molar-refractivity contribution in [3.05, 3.63) is 70.2 Å². The molecule has 0 amide bonds. The number of amidine groups is 1. The maximum atomic E-state index is 14.7. The SMILES string of the molecule is NC1=N[C@@](c2cc(Cc3coc4cc(Cl)ccc34)ccc2F)(C(F)F)[C@H]2C[C@H]2O1. The van der Waals surface area contributed by atoms with E-state index in [1.54, 1.807) is 24.5 Å². The van der Waals surface area contributed by atoms with Crippen LogP contribution in [-0.4, -0.2) is 18.6 Å². The van der Waals surface area contributed by atoms with E-state index in [2.05, 4.69) is 4.99 Å². The lowest BCUT2D eigenvalue weighted by atomic mass is 9.83. The average molecular weight is 421 g/mol. The van der Waals surface area contributed by atoms with E-state index < -0.39 is 29.8 Å². The standard InChI is InChI=1S/C21H16ClF3N2O2/c22-12-2-3-13-11(9-28-17(13)7-12)5-10-1-4-16(23)14(6-10)21(19(24)25)15-8-18(15)29-20(26)27-21/h1-4,6-7,9,15,18-19H,5,8H2,(H2,26,27)/t15-,18+,21+/m0/s1. The van der Waals surface area contributed by atoms with E-state index in [0.717, 1.165) is 10.9 Å². The molecule has 29 heavy (non-hydrogen) atoms. The summed E-state index contributed by atoms with van der Waals surface area (Å²) in [4.78, 5) is 3.91. The molecule has 8 heteroatoms. The van der Waals surface area contributed by atoms with E-state index in [1.165, 1.54) is 12.1 Å². The number of halogens is 4. The molecule has 3 atom stereocenters. The van der Waals surface area contributed by atoms with Gasteiger partial charge in [0.25, 0.3) is 12.4 Å². The van der Waals surface area contributed by atoms with Gasteiger partial charge in [-0.05, 0) is 42.3 Å². The molecule has 3 aromatic rings. The highest BCUT2D eigenvalue weighted by atomic mass is 35.5. The van der Waals surface area contributed by atoms with Gasteiger partial charge in [-0.1, -0.05) is 17.7 Å². The number of hydrogen-bond acceptors (Lipinski definition) is 4. The Morgan fingerprint density at radius 2 is 2.07 bits per heavy atom. The highest BCUT2D eigenvalue weighted by molar-refractivity contribution is 6.31. The molecule has 1 fully saturated rings.